The molecular formula is C17H18N4O2S. The molecule has 1 atom stereocenters. The van der Waals surface area contributed by atoms with E-state index in [2.05, 4.69) is 16.8 Å². The Morgan fingerprint density at radius 2 is 2.25 bits per heavy atom. The first-order valence-electron chi connectivity index (χ1n) is 8.01. The molecule has 1 fully saturated rings. The van der Waals surface area contributed by atoms with E-state index in [1.54, 1.807) is 22.4 Å². The maximum atomic E-state index is 12.7. The van der Waals surface area contributed by atoms with Crippen molar-refractivity contribution in [2.45, 2.75) is 30.6 Å². The lowest BCUT2D eigenvalue weighted by Gasteiger charge is -2.10. The van der Waals surface area contributed by atoms with Gasteiger partial charge in [-0.25, -0.2) is 0 Å². The van der Waals surface area contributed by atoms with E-state index in [1.165, 1.54) is 0 Å². The van der Waals surface area contributed by atoms with E-state index in [0.29, 0.717) is 17.7 Å². The highest BCUT2D eigenvalue weighted by Crippen LogP contribution is 2.25. The van der Waals surface area contributed by atoms with Crippen molar-refractivity contribution in [1.82, 2.24) is 19.2 Å². The number of fused-ring (bicyclic) bond motifs is 3. The van der Waals surface area contributed by atoms with Crippen LogP contribution in [0.4, 0.5) is 0 Å². The molecule has 1 aliphatic rings. The number of benzene rings is 1. The van der Waals surface area contributed by atoms with Crippen LogP contribution >= 0.6 is 11.8 Å². The lowest BCUT2D eigenvalue weighted by molar-refractivity contribution is 0.129. The van der Waals surface area contributed by atoms with E-state index >= 15 is 0 Å². The molecule has 0 bridgehead atoms. The van der Waals surface area contributed by atoms with Gasteiger partial charge in [0.05, 0.1) is 17.0 Å². The number of para-hydroxylation sites is 1. The molecule has 1 aliphatic heterocycles. The molecule has 0 unspecified atom stereocenters. The van der Waals surface area contributed by atoms with E-state index in [9.17, 15) is 4.79 Å². The van der Waals surface area contributed by atoms with Crippen molar-refractivity contribution in [2.24, 2.45) is 0 Å². The Morgan fingerprint density at radius 1 is 1.38 bits per heavy atom. The molecule has 0 radical (unpaired) electrons. The van der Waals surface area contributed by atoms with Gasteiger partial charge in [-0.2, -0.15) is 0 Å². The Balaban J connectivity index is 1.86. The highest BCUT2D eigenvalue weighted by atomic mass is 32.2. The first-order valence-corrected chi connectivity index (χ1v) is 9.00. The zero-order valence-electron chi connectivity index (χ0n) is 13.2. The lowest BCUT2D eigenvalue weighted by atomic mass is 10.2. The van der Waals surface area contributed by atoms with Crippen LogP contribution in [0.3, 0.4) is 0 Å². The summed E-state index contributed by atoms with van der Waals surface area (Å²) >= 11 is 1.62. The van der Waals surface area contributed by atoms with Crippen molar-refractivity contribution in [3.63, 3.8) is 0 Å². The Morgan fingerprint density at radius 3 is 3.04 bits per heavy atom. The topological polar surface area (TPSA) is 61.4 Å². The Hall–Kier alpha value is -2.12. The lowest BCUT2D eigenvalue weighted by Crippen LogP contribution is -2.22. The summed E-state index contributed by atoms with van der Waals surface area (Å²) in [4.78, 5) is 12.7. The fourth-order valence-corrected chi connectivity index (χ4v) is 4.07. The van der Waals surface area contributed by atoms with Gasteiger partial charge in [0.25, 0.3) is 5.56 Å². The molecule has 3 aromatic rings. The van der Waals surface area contributed by atoms with Crippen molar-refractivity contribution in [1.29, 1.82) is 0 Å². The van der Waals surface area contributed by atoms with Crippen LogP contribution in [-0.4, -0.2) is 37.6 Å². The maximum absolute atomic E-state index is 12.7. The number of allylic oxidation sites excluding steroid dienone is 1. The SMILES string of the molecule is C=CCn1c(=O)c2ccccc2n2c(SC[C@@H]3CCCO3)nnc12. The van der Waals surface area contributed by atoms with Crippen molar-refractivity contribution in [3.8, 4) is 0 Å². The van der Waals surface area contributed by atoms with Gasteiger partial charge in [-0.3, -0.25) is 13.8 Å². The van der Waals surface area contributed by atoms with E-state index in [0.717, 1.165) is 35.9 Å². The van der Waals surface area contributed by atoms with Gasteiger partial charge in [-0.15, -0.1) is 16.8 Å². The second-order valence-corrected chi connectivity index (χ2v) is 6.77. The van der Waals surface area contributed by atoms with Crippen LogP contribution in [0, 0.1) is 0 Å². The molecule has 24 heavy (non-hydrogen) atoms. The number of hydrogen-bond acceptors (Lipinski definition) is 5. The maximum Gasteiger partial charge on any atom is 0.263 e. The molecule has 2 aromatic heterocycles. The summed E-state index contributed by atoms with van der Waals surface area (Å²) in [5.41, 5.74) is 0.763. The molecule has 6 nitrogen and oxygen atoms in total. The van der Waals surface area contributed by atoms with Crippen molar-refractivity contribution in [2.75, 3.05) is 12.4 Å². The first-order chi connectivity index (χ1) is 11.8. The smallest absolute Gasteiger partial charge is 0.263 e. The summed E-state index contributed by atoms with van der Waals surface area (Å²) in [6.07, 6.45) is 4.18. The molecule has 0 spiro atoms. The molecule has 1 saturated heterocycles. The summed E-state index contributed by atoms with van der Waals surface area (Å²) in [5.74, 6) is 1.39. The average Bonchev–Trinajstić information content (AvgIpc) is 3.26. The number of thioether (sulfide) groups is 1. The van der Waals surface area contributed by atoms with Gasteiger partial charge < -0.3 is 4.74 Å². The molecule has 4 rings (SSSR count). The largest absolute Gasteiger partial charge is 0.377 e. The molecule has 0 saturated carbocycles. The normalized spacial score (nSPS) is 17.8. The van der Waals surface area contributed by atoms with Gasteiger partial charge in [0, 0.05) is 18.9 Å². The quantitative estimate of drug-likeness (QED) is 0.527. The van der Waals surface area contributed by atoms with Gasteiger partial charge in [-0.1, -0.05) is 30.0 Å². The van der Waals surface area contributed by atoms with Crippen LogP contribution in [0.2, 0.25) is 0 Å². The highest BCUT2D eigenvalue weighted by molar-refractivity contribution is 7.99. The number of hydrogen-bond donors (Lipinski definition) is 0. The zero-order valence-corrected chi connectivity index (χ0v) is 14.0. The highest BCUT2D eigenvalue weighted by Gasteiger charge is 2.19. The Kier molecular flexibility index (Phi) is 4.12. The third kappa shape index (κ3) is 2.53. The first kappa shape index (κ1) is 15.4. The summed E-state index contributed by atoms with van der Waals surface area (Å²) in [6.45, 7) is 4.99. The Bertz CT molecular complexity index is 956. The van der Waals surface area contributed by atoms with Crippen molar-refractivity contribution >= 4 is 28.4 Å². The second-order valence-electron chi connectivity index (χ2n) is 5.79. The number of ether oxygens (including phenoxy) is 1. The summed E-state index contributed by atoms with van der Waals surface area (Å²) in [6, 6.07) is 7.57. The summed E-state index contributed by atoms with van der Waals surface area (Å²) in [7, 11) is 0. The average molecular weight is 342 g/mol. The predicted octanol–water partition coefficient (Wildman–Crippen LogP) is 2.50. The fraction of sp³-hybridized carbons (Fsp3) is 0.353. The van der Waals surface area contributed by atoms with Crippen molar-refractivity contribution < 1.29 is 4.74 Å². The van der Waals surface area contributed by atoms with Gasteiger partial charge in [0.2, 0.25) is 5.78 Å². The van der Waals surface area contributed by atoms with E-state index < -0.39 is 0 Å². The standard InChI is InChI=1S/C17H18N4O2S/c1-2-9-20-15(22)13-7-3-4-8-14(13)21-16(20)18-19-17(21)24-11-12-6-5-10-23-12/h2-4,7-8,12H,1,5-6,9-11H2/t12-/m0/s1. The minimum absolute atomic E-state index is 0.0684. The summed E-state index contributed by atoms with van der Waals surface area (Å²) < 4.78 is 9.25. The van der Waals surface area contributed by atoms with Gasteiger partial charge in [-0.05, 0) is 25.0 Å². The van der Waals surface area contributed by atoms with Crippen molar-refractivity contribution in [3.05, 3.63) is 47.3 Å². The molecule has 0 N–H and O–H groups in total. The zero-order chi connectivity index (χ0) is 16.5. The predicted molar refractivity (Wildman–Crippen MR) is 94.6 cm³/mol. The van der Waals surface area contributed by atoms with Crippen LogP contribution in [0.15, 0.2) is 46.9 Å². The van der Waals surface area contributed by atoms with Crippen LogP contribution in [0.5, 0.6) is 0 Å². The van der Waals surface area contributed by atoms with Gasteiger partial charge >= 0.3 is 0 Å². The van der Waals surface area contributed by atoms with Crippen LogP contribution in [-0.2, 0) is 11.3 Å². The van der Waals surface area contributed by atoms with Gasteiger partial charge in [0.1, 0.15) is 0 Å². The molecule has 1 aromatic carbocycles. The third-order valence-corrected chi connectivity index (χ3v) is 5.27. The number of aromatic nitrogens is 4. The third-order valence-electron chi connectivity index (χ3n) is 4.21. The molecular weight excluding hydrogens is 324 g/mol. The van der Waals surface area contributed by atoms with E-state index in [-0.39, 0.29) is 11.7 Å². The Labute approximate surface area is 143 Å². The number of nitrogens with zero attached hydrogens (tertiary/aromatic N) is 4. The molecule has 124 valence electrons. The van der Waals surface area contributed by atoms with E-state index in [1.807, 2.05) is 28.7 Å². The molecule has 7 heteroatoms. The molecule has 0 aliphatic carbocycles. The minimum atomic E-state index is -0.0684. The number of rotatable bonds is 5. The minimum Gasteiger partial charge on any atom is -0.377 e. The van der Waals surface area contributed by atoms with Crippen LogP contribution in [0.1, 0.15) is 12.8 Å². The molecule has 0 amide bonds. The monoisotopic (exact) mass is 342 g/mol. The van der Waals surface area contributed by atoms with E-state index in [4.69, 9.17) is 4.74 Å². The van der Waals surface area contributed by atoms with Crippen LogP contribution < -0.4 is 5.56 Å². The fourth-order valence-electron chi connectivity index (χ4n) is 3.06. The molecule has 3 heterocycles. The van der Waals surface area contributed by atoms with Crippen LogP contribution in [0.25, 0.3) is 16.7 Å². The summed E-state index contributed by atoms with van der Waals surface area (Å²) in [5, 5.41) is 10.0. The second kappa shape index (κ2) is 6.41. The van der Waals surface area contributed by atoms with Gasteiger partial charge in [0.15, 0.2) is 5.16 Å².